The average Bonchev–Trinajstić information content (AvgIpc) is 2.56. The lowest BCUT2D eigenvalue weighted by molar-refractivity contribution is 0.209. The second-order valence-electron chi connectivity index (χ2n) is 5.90. The van der Waals surface area contributed by atoms with Crippen molar-refractivity contribution in [2.24, 2.45) is 0 Å². The van der Waals surface area contributed by atoms with E-state index in [9.17, 15) is 0 Å². The number of halogens is 1. The van der Waals surface area contributed by atoms with Gasteiger partial charge in [-0.2, -0.15) is 0 Å². The molecular weight excluding hydrogens is 296 g/mol. The van der Waals surface area contributed by atoms with Crippen LogP contribution in [-0.2, 0) is 0 Å². The van der Waals surface area contributed by atoms with Gasteiger partial charge in [-0.05, 0) is 38.1 Å². The van der Waals surface area contributed by atoms with E-state index in [0.717, 1.165) is 48.3 Å². The SMILES string of the molecule is CC(C)N1CCN(c2ccc(-c3ccc(Cl)cc3)nn2)CC1. The van der Waals surface area contributed by atoms with Gasteiger partial charge in [0, 0.05) is 42.8 Å². The molecule has 2 aromatic rings. The lowest BCUT2D eigenvalue weighted by Gasteiger charge is -2.37. The Labute approximate surface area is 136 Å². The van der Waals surface area contributed by atoms with Crippen LogP contribution in [0.1, 0.15) is 13.8 Å². The van der Waals surface area contributed by atoms with Crippen LogP contribution in [0.15, 0.2) is 36.4 Å². The molecule has 1 aliphatic heterocycles. The standard InChI is InChI=1S/C17H21ClN4/c1-13(2)21-9-11-22(12-10-21)17-8-7-16(19-20-17)14-3-5-15(18)6-4-14/h3-8,13H,9-12H2,1-2H3. The molecule has 5 heteroatoms. The fourth-order valence-corrected chi connectivity index (χ4v) is 2.86. The molecule has 1 aromatic carbocycles. The molecule has 1 aromatic heterocycles. The molecule has 1 fully saturated rings. The third-order valence-corrected chi connectivity index (χ3v) is 4.41. The zero-order valence-corrected chi connectivity index (χ0v) is 13.8. The highest BCUT2D eigenvalue weighted by atomic mass is 35.5. The summed E-state index contributed by atoms with van der Waals surface area (Å²) in [4.78, 5) is 4.80. The van der Waals surface area contributed by atoms with Crippen molar-refractivity contribution in [3.05, 3.63) is 41.4 Å². The van der Waals surface area contributed by atoms with Crippen LogP contribution in [-0.4, -0.2) is 47.3 Å². The van der Waals surface area contributed by atoms with E-state index in [1.807, 2.05) is 30.3 Å². The fourth-order valence-electron chi connectivity index (χ4n) is 2.74. The summed E-state index contributed by atoms with van der Waals surface area (Å²) in [5.41, 5.74) is 1.91. The van der Waals surface area contributed by atoms with E-state index in [2.05, 4.69) is 39.9 Å². The molecule has 0 aliphatic carbocycles. The van der Waals surface area contributed by atoms with Crippen LogP contribution >= 0.6 is 11.6 Å². The third-order valence-electron chi connectivity index (χ3n) is 4.16. The van der Waals surface area contributed by atoms with E-state index in [1.165, 1.54) is 0 Å². The summed E-state index contributed by atoms with van der Waals surface area (Å²) in [5, 5.41) is 9.49. The van der Waals surface area contributed by atoms with Crippen molar-refractivity contribution >= 4 is 17.4 Å². The van der Waals surface area contributed by atoms with Crippen molar-refractivity contribution in [3.8, 4) is 11.3 Å². The average molecular weight is 317 g/mol. The van der Waals surface area contributed by atoms with Crippen LogP contribution in [0.4, 0.5) is 5.82 Å². The zero-order chi connectivity index (χ0) is 15.5. The molecule has 0 unspecified atom stereocenters. The van der Waals surface area contributed by atoms with Gasteiger partial charge < -0.3 is 4.90 Å². The Morgan fingerprint density at radius 1 is 0.909 bits per heavy atom. The van der Waals surface area contributed by atoms with Gasteiger partial charge in [-0.15, -0.1) is 10.2 Å². The minimum atomic E-state index is 0.612. The van der Waals surface area contributed by atoms with Crippen molar-refractivity contribution in [1.82, 2.24) is 15.1 Å². The Hall–Kier alpha value is -1.65. The molecule has 1 saturated heterocycles. The minimum Gasteiger partial charge on any atom is -0.353 e. The summed E-state index contributed by atoms with van der Waals surface area (Å²) in [5.74, 6) is 0.959. The molecule has 0 saturated carbocycles. The summed E-state index contributed by atoms with van der Waals surface area (Å²) >= 11 is 5.91. The van der Waals surface area contributed by atoms with Gasteiger partial charge in [0.05, 0.1) is 5.69 Å². The van der Waals surface area contributed by atoms with E-state index in [1.54, 1.807) is 0 Å². The van der Waals surface area contributed by atoms with Crippen molar-refractivity contribution in [3.63, 3.8) is 0 Å². The van der Waals surface area contributed by atoms with Gasteiger partial charge in [-0.3, -0.25) is 4.90 Å². The molecule has 0 spiro atoms. The second kappa shape index (κ2) is 6.63. The van der Waals surface area contributed by atoms with Crippen LogP contribution in [0, 0.1) is 0 Å². The van der Waals surface area contributed by atoms with Crippen molar-refractivity contribution < 1.29 is 0 Å². The van der Waals surface area contributed by atoms with E-state index < -0.39 is 0 Å². The Bertz CT molecular complexity index is 602. The lowest BCUT2D eigenvalue weighted by atomic mass is 10.1. The first-order valence-corrected chi connectivity index (χ1v) is 8.10. The topological polar surface area (TPSA) is 32.3 Å². The van der Waals surface area contributed by atoms with Crippen LogP contribution in [0.3, 0.4) is 0 Å². The Morgan fingerprint density at radius 2 is 1.59 bits per heavy atom. The smallest absolute Gasteiger partial charge is 0.151 e. The summed E-state index contributed by atoms with van der Waals surface area (Å²) < 4.78 is 0. The second-order valence-corrected chi connectivity index (χ2v) is 6.34. The Balaban J connectivity index is 1.68. The number of anilines is 1. The summed E-state index contributed by atoms with van der Waals surface area (Å²) in [6.07, 6.45) is 0. The first-order valence-electron chi connectivity index (χ1n) is 7.72. The summed E-state index contributed by atoms with van der Waals surface area (Å²) in [6.45, 7) is 8.67. The van der Waals surface area contributed by atoms with Gasteiger partial charge in [-0.25, -0.2) is 0 Å². The van der Waals surface area contributed by atoms with Gasteiger partial charge >= 0.3 is 0 Å². The molecule has 0 amide bonds. The van der Waals surface area contributed by atoms with E-state index in [4.69, 9.17) is 11.6 Å². The van der Waals surface area contributed by atoms with E-state index in [0.29, 0.717) is 6.04 Å². The molecule has 116 valence electrons. The molecule has 4 nitrogen and oxygen atoms in total. The molecule has 0 radical (unpaired) electrons. The van der Waals surface area contributed by atoms with Gasteiger partial charge in [0.2, 0.25) is 0 Å². The van der Waals surface area contributed by atoms with Gasteiger partial charge in [0.1, 0.15) is 0 Å². The number of rotatable bonds is 3. The molecule has 2 heterocycles. The molecular formula is C17H21ClN4. The lowest BCUT2D eigenvalue weighted by Crippen LogP contribution is -2.49. The maximum atomic E-state index is 5.91. The number of benzene rings is 1. The summed E-state index contributed by atoms with van der Waals surface area (Å²) in [6, 6.07) is 12.4. The van der Waals surface area contributed by atoms with Gasteiger partial charge in [-0.1, -0.05) is 23.7 Å². The largest absolute Gasteiger partial charge is 0.353 e. The van der Waals surface area contributed by atoms with Crippen molar-refractivity contribution in [1.29, 1.82) is 0 Å². The van der Waals surface area contributed by atoms with Crippen LogP contribution in [0.25, 0.3) is 11.3 Å². The number of piperazine rings is 1. The number of hydrogen-bond acceptors (Lipinski definition) is 4. The molecule has 22 heavy (non-hydrogen) atoms. The first-order chi connectivity index (χ1) is 10.6. The van der Waals surface area contributed by atoms with Gasteiger partial charge in [0.25, 0.3) is 0 Å². The highest BCUT2D eigenvalue weighted by molar-refractivity contribution is 6.30. The van der Waals surface area contributed by atoms with Crippen LogP contribution in [0.2, 0.25) is 5.02 Å². The zero-order valence-electron chi connectivity index (χ0n) is 13.0. The molecule has 0 N–H and O–H groups in total. The monoisotopic (exact) mass is 316 g/mol. The number of aromatic nitrogens is 2. The number of nitrogens with zero attached hydrogens (tertiary/aromatic N) is 4. The predicted octanol–water partition coefficient (Wildman–Crippen LogP) is 3.33. The van der Waals surface area contributed by atoms with E-state index in [-0.39, 0.29) is 0 Å². The Morgan fingerprint density at radius 3 is 2.14 bits per heavy atom. The highest BCUT2D eigenvalue weighted by Crippen LogP contribution is 2.21. The fraction of sp³-hybridized carbons (Fsp3) is 0.412. The molecule has 0 bridgehead atoms. The molecule has 3 rings (SSSR count). The number of hydrogen-bond donors (Lipinski definition) is 0. The highest BCUT2D eigenvalue weighted by Gasteiger charge is 2.19. The molecule has 0 atom stereocenters. The van der Waals surface area contributed by atoms with Gasteiger partial charge in [0.15, 0.2) is 5.82 Å². The van der Waals surface area contributed by atoms with Crippen molar-refractivity contribution in [2.75, 3.05) is 31.1 Å². The maximum Gasteiger partial charge on any atom is 0.151 e. The van der Waals surface area contributed by atoms with Crippen LogP contribution < -0.4 is 4.90 Å². The Kier molecular flexibility index (Phi) is 4.60. The van der Waals surface area contributed by atoms with Crippen LogP contribution in [0.5, 0.6) is 0 Å². The van der Waals surface area contributed by atoms with Crippen molar-refractivity contribution in [2.45, 2.75) is 19.9 Å². The maximum absolute atomic E-state index is 5.91. The first kappa shape index (κ1) is 15.3. The quantitative estimate of drug-likeness (QED) is 0.869. The minimum absolute atomic E-state index is 0.612. The predicted molar refractivity (Wildman–Crippen MR) is 91.4 cm³/mol. The third kappa shape index (κ3) is 3.39. The van der Waals surface area contributed by atoms with E-state index >= 15 is 0 Å². The normalized spacial score (nSPS) is 16.3. The molecule has 1 aliphatic rings. The summed E-state index contributed by atoms with van der Waals surface area (Å²) in [7, 11) is 0.